The zero-order valence-corrected chi connectivity index (χ0v) is 8.10. The first-order chi connectivity index (χ1) is 5.13. The van der Waals surface area contributed by atoms with Crippen molar-refractivity contribution in [3.8, 4) is 0 Å². The van der Waals surface area contributed by atoms with Crippen molar-refractivity contribution in [3.05, 3.63) is 11.4 Å². The van der Waals surface area contributed by atoms with E-state index in [4.69, 9.17) is 0 Å². The molecule has 0 heterocycles. The summed E-state index contributed by atoms with van der Waals surface area (Å²) in [4.78, 5) is 4.21. The Labute approximate surface area is 69.4 Å². The van der Waals surface area contributed by atoms with Crippen LogP contribution in [0.25, 0.3) is 0 Å². The molecule has 0 aliphatic rings. The highest BCUT2D eigenvalue weighted by atomic mass is 15.0. The topological polar surface area (TPSA) is 24.4 Å². The monoisotopic (exact) mass is 154 g/mol. The highest BCUT2D eigenvalue weighted by molar-refractivity contribution is 5.55. The molecule has 0 radical (unpaired) electrons. The van der Waals surface area contributed by atoms with E-state index in [2.05, 4.69) is 31.1 Å². The van der Waals surface area contributed by atoms with Gasteiger partial charge in [-0.25, -0.2) is 4.99 Å². The average molecular weight is 154 g/mol. The van der Waals surface area contributed by atoms with E-state index in [1.54, 1.807) is 6.21 Å². The minimum absolute atomic E-state index is 0.557. The largest absolute Gasteiger partial charge is 0.373 e. The van der Waals surface area contributed by atoms with Crippen LogP contribution in [0.15, 0.2) is 16.4 Å². The van der Waals surface area contributed by atoms with Gasteiger partial charge in [0.2, 0.25) is 0 Å². The molecule has 0 unspecified atom stereocenters. The Hall–Kier alpha value is -0.790. The van der Waals surface area contributed by atoms with E-state index in [1.165, 1.54) is 5.57 Å². The molecule has 11 heavy (non-hydrogen) atoms. The first kappa shape index (κ1) is 10.2. The number of aliphatic imine (C=N–C) groups is 1. The first-order valence-electron chi connectivity index (χ1n) is 4.00. The van der Waals surface area contributed by atoms with Crippen LogP contribution < -0.4 is 5.32 Å². The molecular weight excluding hydrogens is 136 g/mol. The Kier molecular flexibility index (Phi) is 4.59. The molecule has 0 aromatic rings. The van der Waals surface area contributed by atoms with Crippen molar-refractivity contribution in [1.29, 1.82) is 0 Å². The lowest BCUT2D eigenvalue weighted by Gasteiger charge is -2.09. The fourth-order valence-corrected chi connectivity index (χ4v) is 0.766. The highest BCUT2D eigenvalue weighted by Crippen LogP contribution is 2.12. The molecule has 1 N–H and O–H groups in total. The van der Waals surface area contributed by atoms with Crippen molar-refractivity contribution in [2.45, 2.75) is 27.7 Å². The molecule has 0 spiro atoms. The molecule has 64 valence electrons. The van der Waals surface area contributed by atoms with Crippen LogP contribution in [0.1, 0.15) is 27.7 Å². The molecule has 0 atom stereocenters. The van der Waals surface area contributed by atoms with Crippen molar-refractivity contribution >= 4 is 6.21 Å². The van der Waals surface area contributed by atoms with E-state index < -0.39 is 0 Å². The fraction of sp³-hybridized carbons (Fsp3) is 0.667. The van der Waals surface area contributed by atoms with E-state index in [1.807, 2.05) is 14.0 Å². The van der Waals surface area contributed by atoms with E-state index in [0.29, 0.717) is 5.92 Å². The van der Waals surface area contributed by atoms with Gasteiger partial charge in [-0.15, -0.1) is 0 Å². The van der Waals surface area contributed by atoms with Gasteiger partial charge in [0.15, 0.2) is 0 Å². The molecule has 0 saturated carbocycles. The summed E-state index contributed by atoms with van der Waals surface area (Å²) in [5.41, 5.74) is 1.30. The smallest absolute Gasteiger partial charge is 0.124 e. The number of hydrogen-bond acceptors (Lipinski definition) is 2. The molecule has 0 aliphatic heterocycles. The van der Waals surface area contributed by atoms with Crippen molar-refractivity contribution < 1.29 is 0 Å². The number of allylic oxidation sites excluding steroid dienone is 1. The predicted octanol–water partition coefficient (Wildman–Crippen LogP) is 2.18. The van der Waals surface area contributed by atoms with Gasteiger partial charge in [-0.1, -0.05) is 13.8 Å². The molecule has 0 bridgehead atoms. The molecule has 0 fully saturated rings. The standard InChI is InChI=1S/C9H18N2/c1-6-11-9(10-5)8(4)7(2)3/h6-7,10H,1-5H3/b9-8?,11-6-. The van der Waals surface area contributed by atoms with Gasteiger partial charge in [0, 0.05) is 13.3 Å². The van der Waals surface area contributed by atoms with Gasteiger partial charge in [0.1, 0.15) is 5.82 Å². The second-order valence-electron chi connectivity index (χ2n) is 2.82. The summed E-state index contributed by atoms with van der Waals surface area (Å²) in [6.07, 6.45) is 1.80. The van der Waals surface area contributed by atoms with Crippen molar-refractivity contribution in [2.24, 2.45) is 10.9 Å². The fourth-order valence-electron chi connectivity index (χ4n) is 0.766. The zero-order valence-electron chi connectivity index (χ0n) is 8.10. The number of rotatable bonds is 3. The molecular formula is C9H18N2. The Morgan fingerprint density at radius 2 is 2.00 bits per heavy atom. The summed E-state index contributed by atoms with van der Waals surface area (Å²) in [5.74, 6) is 1.55. The van der Waals surface area contributed by atoms with Crippen LogP contribution in [-0.2, 0) is 0 Å². The van der Waals surface area contributed by atoms with Gasteiger partial charge in [0.25, 0.3) is 0 Å². The van der Waals surface area contributed by atoms with E-state index in [0.717, 1.165) is 5.82 Å². The van der Waals surface area contributed by atoms with E-state index in [9.17, 15) is 0 Å². The number of hydrogen-bond donors (Lipinski definition) is 1. The van der Waals surface area contributed by atoms with Crippen LogP contribution in [0, 0.1) is 5.92 Å². The van der Waals surface area contributed by atoms with E-state index in [-0.39, 0.29) is 0 Å². The second-order valence-corrected chi connectivity index (χ2v) is 2.82. The van der Waals surface area contributed by atoms with Crippen LogP contribution in [-0.4, -0.2) is 13.3 Å². The second kappa shape index (κ2) is 4.94. The Morgan fingerprint density at radius 3 is 2.27 bits per heavy atom. The molecule has 0 aromatic heterocycles. The van der Waals surface area contributed by atoms with Crippen LogP contribution in [0.5, 0.6) is 0 Å². The van der Waals surface area contributed by atoms with Gasteiger partial charge in [-0.05, 0) is 25.3 Å². The first-order valence-corrected chi connectivity index (χ1v) is 4.00. The molecule has 0 rings (SSSR count). The van der Waals surface area contributed by atoms with Crippen molar-refractivity contribution in [1.82, 2.24) is 5.32 Å². The van der Waals surface area contributed by atoms with Crippen LogP contribution in [0.3, 0.4) is 0 Å². The summed E-state index contributed by atoms with van der Waals surface area (Å²) < 4.78 is 0. The third-order valence-electron chi connectivity index (χ3n) is 1.73. The Morgan fingerprint density at radius 1 is 1.45 bits per heavy atom. The Bertz CT molecular complexity index is 166. The third kappa shape index (κ3) is 3.21. The lowest BCUT2D eigenvalue weighted by molar-refractivity contribution is 0.734. The minimum atomic E-state index is 0.557. The number of nitrogens with zero attached hydrogens (tertiary/aromatic N) is 1. The molecule has 2 heteroatoms. The summed E-state index contributed by atoms with van der Waals surface area (Å²) in [7, 11) is 1.90. The molecule has 0 saturated heterocycles. The maximum atomic E-state index is 4.21. The van der Waals surface area contributed by atoms with Gasteiger partial charge in [0.05, 0.1) is 0 Å². The minimum Gasteiger partial charge on any atom is -0.373 e. The Balaban J connectivity index is 4.53. The average Bonchev–Trinajstić information content (AvgIpc) is 1.98. The van der Waals surface area contributed by atoms with Gasteiger partial charge in [-0.3, -0.25) is 0 Å². The molecule has 0 amide bonds. The van der Waals surface area contributed by atoms with Crippen LogP contribution in [0.4, 0.5) is 0 Å². The third-order valence-corrected chi connectivity index (χ3v) is 1.73. The molecule has 0 aliphatic carbocycles. The zero-order chi connectivity index (χ0) is 8.85. The lowest BCUT2D eigenvalue weighted by atomic mass is 10.1. The quantitative estimate of drug-likeness (QED) is 0.619. The van der Waals surface area contributed by atoms with E-state index >= 15 is 0 Å². The van der Waals surface area contributed by atoms with Crippen molar-refractivity contribution in [3.63, 3.8) is 0 Å². The summed E-state index contributed by atoms with van der Waals surface area (Å²) >= 11 is 0. The maximum absolute atomic E-state index is 4.21. The summed E-state index contributed by atoms with van der Waals surface area (Å²) in [5, 5.41) is 3.07. The van der Waals surface area contributed by atoms with Crippen LogP contribution >= 0.6 is 0 Å². The summed E-state index contributed by atoms with van der Waals surface area (Å²) in [6.45, 7) is 8.35. The SMILES string of the molecule is C/C=N\C(NC)=C(C)C(C)C. The van der Waals surface area contributed by atoms with Gasteiger partial charge < -0.3 is 5.32 Å². The predicted molar refractivity (Wildman–Crippen MR) is 50.8 cm³/mol. The van der Waals surface area contributed by atoms with Crippen molar-refractivity contribution in [2.75, 3.05) is 7.05 Å². The lowest BCUT2D eigenvalue weighted by Crippen LogP contribution is -2.08. The van der Waals surface area contributed by atoms with Crippen LogP contribution in [0.2, 0.25) is 0 Å². The molecule has 0 aromatic carbocycles. The molecule has 2 nitrogen and oxygen atoms in total. The maximum Gasteiger partial charge on any atom is 0.124 e. The van der Waals surface area contributed by atoms with Gasteiger partial charge >= 0.3 is 0 Å². The summed E-state index contributed by atoms with van der Waals surface area (Å²) in [6, 6.07) is 0. The highest BCUT2D eigenvalue weighted by Gasteiger charge is 2.01. The van der Waals surface area contributed by atoms with Gasteiger partial charge in [-0.2, -0.15) is 0 Å². The normalized spacial score (nSPS) is 14.0. The number of nitrogens with one attached hydrogen (secondary N) is 1.